The van der Waals surface area contributed by atoms with E-state index in [4.69, 9.17) is 15.0 Å². The standard InChI is InChI=1S/C13H18N4O2/c1-13(2,3)12-15-10(17-14)7-11(16-12)19-8-9-5-4-6-18-9/h4-7H,8,14H2,1-3H3,(H,15,16,17). The largest absolute Gasteiger partial charge is 0.469 e. The Bertz CT molecular complexity index is 532. The minimum Gasteiger partial charge on any atom is -0.469 e. The van der Waals surface area contributed by atoms with Crippen molar-refractivity contribution in [2.24, 2.45) is 5.84 Å². The number of nitrogens with one attached hydrogen (secondary N) is 1. The summed E-state index contributed by atoms with van der Waals surface area (Å²) in [6.07, 6.45) is 1.60. The Morgan fingerprint density at radius 3 is 2.74 bits per heavy atom. The zero-order chi connectivity index (χ0) is 13.9. The first kappa shape index (κ1) is 13.4. The van der Waals surface area contributed by atoms with Gasteiger partial charge in [0.2, 0.25) is 5.88 Å². The van der Waals surface area contributed by atoms with Gasteiger partial charge in [0.15, 0.2) is 0 Å². The van der Waals surface area contributed by atoms with Gasteiger partial charge >= 0.3 is 0 Å². The van der Waals surface area contributed by atoms with E-state index >= 15 is 0 Å². The van der Waals surface area contributed by atoms with Gasteiger partial charge in [0.05, 0.1) is 6.26 Å². The Labute approximate surface area is 112 Å². The van der Waals surface area contributed by atoms with Gasteiger partial charge in [-0.1, -0.05) is 20.8 Å². The molecule has 19 heavy (non-hydrogen) atoms. The Kier molecular flexibility index (Phi) is 3.71. The van der Waals surface area contributed by atoms with Crippen molar-refractivity contribution < 1.29 is 9.15 Å². The average Bonchev–Trinajstić information content (AvgIpc) is 2.88. The molecule has 6 heteroatoms. The third-order valence-corrected chi connectivity index (χ3v) is 2.46. The lowest BCUT2D eigenvalue weighted by atomic mass is 9.96. The van der Waals surface area contributed by atoms with Gasteiger partial charge in [0.25, 0.3) is 0 Å². The highest BCUT2D eigenvalue weighted by atomic mass is 16.5. The fraction of sp³-hybridized carbons (Fsp3) is 0.385. The van der Waals surface area contributed by atoms with Crippen molar-refractivity contribution in [1.29, 1.82) is 0 Å². The van der Waals surface area contributed by atoms with E-state index in [-0.39, 0.29) is 5.41 Å². The molecule has 0 aliphatic heterocycles. The highest BCUT2D eigenvalue weighted by molar-refractivity contribution is 5.38. The number of furan rings is 1. The maximum Gasteiger partial charge on any atom is 0.219 e. The number of hydrogen-bond donors (Lipinski definition) is 2. The van der Waals surface area contributed by atoms with Crippen molar-refractivity contribution in [3.8, 4) is 5.88 Å². The molecule has 2 rings (SSSR count). The molecule has 102 valence electrons. The summed E-state index contributed by atoms with van der Waals surface area (Å²) in [5.74, 6) is 7.79. The molecule has 0 aromatic carbocycles. The molecule has 0 spiro atoms. The quantitative estimate of drug-likeness (QED) is 0.649. The molecular weight excluding hydrogens is 244 g/mol. The van der Waals surface area contributed by atoms with E-state index in [1.807, 2.05) is 32.9 Å². The molecule has 2 heterocycles. The molecular formula is C13H18N4O2. The van der Waals surface area contributed by atoms with Crippen LogP contribution in [0.2, 0.25) is 0 Å². The van der Waals surface area contributed by atoms with Crippen LogP contribution in [0.1, 0.15) is 32.4 Å². The van der Waals surface area contributed by atoms with Crippen LogP contribution in [0.5, 0.6) is 5.88 Å². The third-order valence-electron chi connectivity index (χ3n) is 2.46. The molecule has 6 nitrogen and oxygen atoms in total. The van der Waals surface area contributed by atoms with Gasteiger partial charge in [0.1, 0.15) is 24.0 Å². The van der Waals surface area contributed by atoms with Crippen molar-refractivity contribution >= 4 is 5.82 Å². The number of anilines is 1. The van der Waals surface area contributed by atoms with Gasteiger partial charge in [-0.15, -0.1) is 0 Å². The highest BCUT2D eigenvalue weighted by Crippen LogP contribution is 2.23. The third kappa shape index (κ3) is 3.45. The summed E-state index contributed by atoms with van der Waals surface area (Å²) in [6.45, 7) is 6.40. The number of ether oxygens (including phenoxy) is 1. The second-order valence-corrected chi connectivity index (χ2v) is 5.18. The van der Waals surface area contributed by atoms with E-state index in [0.717, 1.165) is 5.76 Å². The maximum atomic E-state index is 5.59. The zero-order valence-electron chi connectivity index (χ0n) is 11.3. The Balaban J connectivity index is 2.19. The molecule has 0 unspecified atom stereocenters. The summed E-state index contributed by atoms with van der Waals surface area (Å²) in [4.78, 5) is 8.70. The van der Waals surface area contributed by atoms with E-state index in [0.29, 0.717) is 24.1 Å². The van der Waals surface area contributed by atoms with E-state index < -0.39 is 0 Å². The molecule has 0 atom stereocenters. The smallest absolute Gasteiger partial charge is 0.219 e. The second-order valence-electron chi connectivity index (χ2n) is 5.18. The lowest BCUT2D eigenvalue weighted by molar-refractivity contribution is 0.258. The van der Waals surface area contributed by atoms with Crippen molar-refractivity contribution in [3.63, 3.8) is 0 Å². The first-order chi connectivity index (χ1) is 8.99. The highest BCUT2D eigenvalue weighted by Gasteiger charge is 2.19. The summed E-state index contributed by atoms with van der Waals surface area (Å²) in [5, 5.41) is 0. The molecule has 0 amide bonds. The normalized spacial score (nSPS) is 11.4. The average molecular weight is 262 g/mol. The van der Waals surface area contributed by atoms with Crippen LogP contribution in [0.15, 0.2) is 28.9 Å². The number of hydrazine groups is 1. The van der Waals surface area contributed by atoms with Gasteiger partial charge < -0.3 is 14.6 Å². The summed E-state index contributed by atoms with van der Waals surface area (Å²) >= 11 is 0. The minimum absolute atomic E-state index is 0.185. The molecule has 0 bridgehead atoms. The molecule has 0 saturated carbocycles. The van der Waals surface area contributed by atoms with E-state index in [9.17, 15) is 0 Å². The monoisotopic (exact) mass is 262 g/mol. The number of rotatable bonds is 4. The molecule has 0 aliphatic carbocycles. The minimum atomic E-state index is -0.185. The van der Waals surface area contributed by atoms with Gasteiger partial charge in [0, 0.05) is 11.5 Å². The second kappa shape index (κ2) is 5.27. The van der Waals surface area contributed by atoms with Gasteiger partial charge in [-0.3, -0.25) is 0 Å². The van der Waals surface area contributed by atoms with Gasteiger partial charge in [-0.2, -0.15) is 4.98 Å². The summed E-state index contributed by atoms with van der Waals surface area (Å²) in [6, 6.07) is 5.30. The molecule has 0 fully saturated rings. The predicted molar refractivity (Wildman–Crippen MR) is 71.6 cm³/mol. The van der Waals surface area contributed by atoms with E-state index in [2.05, 4.69) is 15.4 Å². The number of nitrogen functional groups attached to an aromatic ring is 1. The molecule has 3 N–H and O–H groups in total. The van der Waals surface area contributed by atoms with Gasteiger partial charge in [-0.25, -0.2) is 10.8 Å². The van der Waals surface area contributed by atoms with Crippen LogP contribution >= 0.6 is 0 Å². The first-order valence-electron chi connectivity index (χ1n) is 6.00. The fourth-order valence-corrected chi connectivity index (χ4v) is 1.45. The van der Waals surface area contributed by atoms with E-state index in [1.165, 1.54) is 0 Å². The Hall–Kier alpha value is -2.08. The molecule has 2 aromatic heterocycles. The lowest BCUT2D eigenvalue weighted by Crippen LogP contribution is -2.19. The van der Waals surface area contributed by atoms with Gasteiger partial charge in [-0.05, 0) is 12.1 Å². The fourth-order valence-electron chi connectivity index (χ4n) is 1.45. The van der Waals surface area contributed by atoms with Crippen LogP contribution in [0, 0.1) is 0 Å². The maximum absolute atomic E-state index is 5.59. The Morgan fingerprint density at radius 1 is 1.37 bits per heavy atom. The zero-order valence-corrected chi connectivity index (χ0v) is 11.3. The van der Waals surface area contributed by atoms with Crippen LogP contribution in [0.3, 0.4) is 0 Å². The van der Waals surface area contributed by atoms with Crippen molar-refractivity contribution in [2.45, 2.75) is 32.8 Å². The molecule has 0 radical (unpaired) electrons. The van der Waals surface area contributed by atoms with E-state index in [1.54, 1.807) is 12.3 Å². The van der Waals surface area contributed by atoms with Crippen LogP contribution in [0.25, 0.3) is 0 Å². The summed E-state index contributed by atoms with van der Waals surface area (Å²) in [7, 11) is 0. The topological polar surface area (TPSA) is 86.2 Å². The molecule has 2 aromatic rings. The predicted octanol–water partition coefficient (Wildman–Crippen LogP) is 2.23. The van der Waals surface area contributed by atoms with Crippen LogP contribution in [-0.4, -0.2) is 9.97 Å². The summed E-state index contributed by atoms with van der Waals surface area (Å²) < 4.78 is 10.8. The first-order valence-corrected chi connectivity index (χ1v) is 6.00. The van der Waals surface area contributed by atoms with Crippen LogP contribution in [-0.2, 0) is 12.0 Å². The molecule has 0 aliphatic rings. The van der Waals surface area contributed by atoms with Crippen molar-refractivity contribution in [3.05, 3.63) is 36.0 Å². The number of nitrogens with two attached hydrogens (primary N) is 1. The number of nitrogens with zero attached hydrogens (tertiary/aromatic N) is 2. The SMILES string of the molecule is CC(C)(C)c1nc(NN)cc(OCc2ccco2)n1. The lowest BCUT2D eigenvalue weighted by Gasteiger charge is -2.18. The van der Waals surface area contributed by atoms with Crippen LogP contribution in [0.4, 0.5) is 5.82 Å². The van der Waals surface area contributed by atoms with Crippen molar-refractivity contribution in [2.75, 3.05) is 5.43 Å². The number of aromatic nitrogens is 2. The van der Waals surface area contributed by atoms with Crippen LogP contribution < -0.4 is 16.0 Å². The Morgan fingerprint density at radius 2 is 2.16 bits per heavy atom. The molecule has 0 saturated heterocycles. The van der Waals surface area contributed by atoms with Crippen molar-refractivity contribution in [1.82, 2.24) is 9.97 Å². The summed E-state index contributed by atoms with van der Waals surface area (Å²) in [5.41, 5.74) is 2.33. The number of hydrogen-bond acceptors (Lipinski definition) is 6.